The molecule has 0 radical (unpaired) electrons. The van der Waals surface area contributed by atoms with Crippen LogP contribution in [0.4, 0.5) is 5.69 Å². The Morgan fingerprint density at radius 3 is 2.63 bits per heavy atom. The van der Waals surface area contributed by atoms with Crippen molar-refractivity contribution in [2.24, 2.45) is 4.99 Å². The van der Waals surface area contributed by atoms with Gasteiger partial charge in [-0.1, -0.05) is 30.3 Å². The number of nitro benzene ring substituents is 1. The van der Waals surface area contributed by atoms with Crippen LogP contribution >= 0.6 is 22.6 Å². The molecule has 1 aliphatic heterocycles. The number of aryl methyl sites for hydroxylation is 1. The molecule has 4 rings (SSSR count). The van der Waals surface area contributed by atoms with E-state index < -0.39 is 10.9 Å². The number of esters is 1. The molecule has 8 nitrogen and oxygen atoms in total. The second kappa shape index (κ2) is 10.7. The van der Waals surface area contributed by atoms with Gasteiger partial charge in [-0.05, 0) is 72.3 Å². The predicted octanol–water partition coefficient (Wildman–Crippen LogP) is 5.83. The maximum absolute atomic E-state index is 12.4. The summed E-state index contributed by atoms with van der Waals surface area (Å²) < 4.78 is 18.1. The van der Waals surface area contributed by atoms with Crippen molar-refractivity contribution in [1.29, 1.82) is 0 Å². The van der Waals surface area contributed by atoms with Crippen LogP contribution in [0, 0.1) is 20.6 Å². The monoisotopic (exact) mass is 584 g/mol. The average molecular weight is 584 g/mol. The summed E-state index contributed by atoms with van der Waals surface area (Å²) >= 11 is 2.27. The first-order valence-corrected chi connectivity index (χ1v) is 11.8. The number of carbonyl (C=O) groups is 1. The number of aliphatic imine (C=N–C) groups is 1. The lowest BCUT2D eigenvalue weighted by molar-refractivity contribution is -0.385. The molecule has 0 bridgehead atoms. The van der Waals surface area contributed by atoms with Gasteiger partial charge in [0.1, 0.15) is 6.61 Å². The van der Waals surface area contributed by atoms with Gasteiger partial charge in [0.25, 0.3) is 5.69 Å². The molecule has 9 heteroatoms. The van der Waals surface area contributed by atoms with Crippen molar-refractivity contribution in [1.82, 2.24) is 0 Å². The fraction of sp³-hybridized carbons (Fsp3) is 0.154. The SMILES string of the molecule is CCOc1cc(/C=C2\N=C(c3ccc(C)c([N+](=O)[O-])c3)OC2=O)ccc1OCc1ccccc1I. The van der Waals surface area contributed by atoms with Gasteiger partial charge in [0, 0.05) is 26.3 Å². The smallest absolute Gasteiger partial charge is 0.363 e. The van der Waals surface area contributed by atoms with Crippen LogP contribution in [-0.2, 0) is 16.1 Å². The third-order valence-corrected chi connectivity index (χ3v) is 6.24. The largest absolute Gasteiger partial charge is 0.490 e. The molecule has 178 valence electrons. The van der Waals surface area contributed by atoms with Gasteiger partial charge in [-0.25, -0.2) is 9.79 Å². The standard InChI is InChI=1S/C26H21IN2O6/c1-3-33-24-13-17(9-11-23(24)34-15-19-6-4-5-7-20(19)27)12-21-26(30)35-25(28-21)18-10-8-16(2)22(14-18)29(31)32/h4-14H,3,15H2,1-2H3/b21-12-. The number of hydrogen-bond acceptors (Lipinski definition) is 7. The molecule has 35 heavy (non-hydrogen) atoms. The quantitative estimate of drug-likeness (QED) is 0.109. The van der Waals surface area contributed by atoms with Crippen LogP contribution < -0.4 is 9.47 Å². The second-order valence-corrected chi connectivity index (χ2v) is 8.78. The number of nitro groups is 1. The van der Waals surface area contributed by atoms with Crippen LogP contribution in [0.25, 0.3) is 6.08 Å². The van der Waals surface area contributed by atoms with Crippen molar-refractivity contribution in [3.63, 3.8) is 0 Å². The number of cyclic esters (lactones) is 1. The lowest BCUT2D eigenvalue weighted by Gasteiger charge is -2.13. The van der Waals surface area contributed by atoms with Gasteiger partial charge < -0.3 is 14.2 Å². The summed E-state index contributed by atoms with van der Waals surface area (Å²) in [6.45, 7) is 4.35. The number of ether oxygens (including phenoxy) is 3. The van der Waals surface area contributed by atoms with Gasteiger partial charge in [-0.15, -0.1) is 0 Å². The summed E-state index contributed by atoms with van der Waals surface area (Å²) in [7, 11) is 0. The van der Waals surface area contributed by atoms with Gasteiger partial charge >= 0.3 is 5.97 Å². The summed E-state index contributed by atoms with van der Waals surface area (Å²) in [6, 6.07) is 17.9. The Balaban J connectivity index is 1.59. The first-order chi connectivity index (χ1) is 16.9. The molecule has 0 unspecified atom stereocenters. The average Bonchev–Trinajstić information content (AvgIpc) is 3.20. The van der Waals surface area contributed by atoms with Crippen LogP contribution in [-0.4, -0.2) is 23.4 Å². The number of rotatable bonds is 8. The summed E-state index contributed by atoms with van der Waals surface area (Å²) in [6.07, 6.45) is 1.57. The van der Waals surface area contributed by atoms with Crippen molar-refractivity contribution in [2.75, 3.05) is 6.61 Å². The van der Waals surface area contributed by atoms with E-state index in [9.17, 15) is 14.9 Å². The van der Waals surface area contributed by atoms with E-state index >= 15 is 0 Å². The molecule has 0 atom stereocenters. The molecule has 1 heterocycles. The van der Waals surface area contributed by atoms with E-state index in [0.29, 0.717) is 41.4 Å². The molecule has 0 aliphatic carbocycles. The number of benzene rings is 3. The van der Waals surface area contributed by atoms with Gasteiger partial charge in [0.15, 0.2) is 17.2 Å². The molecule has 1 aliphatic rings. The lowest BCUT2D eigenvalue weighted by atomic mass is 10.1. The third kappa shape index (κ3) is 5.68. The van der Waals surface area contributed by atoms with Gasteiger partial charge in [-0.3, -0.25) is 10.1 Å². The van der Waals surface area contributed by atoms with Crippen molar-refractivity contribution < 1.29 is 23.9 Å². The zero-order valence-corrected chi connectivity index (χ0v) is 21.1. The zero-order valence-electron chi connectivity index (χ0n) is 19.0. The highest BCUT2D eigenvalue weighted by molar-refractivity contribution is 14.1. The van der Waals surface area contributed by atoms with Crippen LogP contribution in [0.1, 0.15) is 29.2 Å². The van der Waals surface area contributed by atoms with Gasteiger partial charge in [-0.2, -0.15) is 0 Å². The molecule has 3 aromatic carbocycles. The van der Waals surface area contributed by atoms with Gasteiger partial charge in [0.2, 0.25) is 5.90 Å². The van der Waals surface area contributed by atoms with Crippen LogP contribution in [0.3, 0.4) is 0 Å². The van der Waals surface area contributed by atoms with Crippen LogP contribution in [0.5, 0.6) is 11.5 Å². The predicted molar refractivity (Wildman–Crippen MR) is 140 cm³/mol. The molecule has 0 spiro atoms. The lowest BCUT2D eigenvalue weighted by Crippen LogP contribution is -2.06. The van der Waals surface area contributed by atoms with E-state index in [1.165, 1.54) is 6.07 Å². The number of nitrogens with zero attached hydrogens (tertiary/aromatic N) is 2. The Labute approximate surface area is 215 Å². The van der Waals surface area contributed by atoms with Crippen LogP contribution in [0.2, 0.25) is 0 Å². The van der Waals surface area contributed by atoms with Crippen molar-refractivity contribution in [3.05, 3.63) is 102 Å². The van der Waals surface area contributed by atoms with Crippen molar-refractivity contribution in [2.45, 2.75) is 20.5 Å². The summed E-state index contributed by atoms with van der Waals surface area (Å²) in [5.74, 6) is 0.503. The van der Waals surface area contributed by atoms with E-state index in [1.54, 1.807) is 43.3 Å². The Hall–Kier alpha value is -3.73. The number of halogens is 1. The Bertz CT molecular complexity index is 1370. The molecular weight excluding hydrogens is 563 g/mol. The second-order valence-electron chi connectivity index (χ2n) is 7.61. The molecule has 0 aromatic heterocycles. The topological polar surface area (TPSA) is 100 Å². The molecule has 3 aromatic rings. The van der Waals surface area contributed by atoms with Crippen molar-refractivity contribution >= 4 is 46.2 Å². The Kier molecular flexibility index (Phi) is 7.45. The maximum Gasteiger partial charge on any atom is 0.363 e. The van der Waals surface area contributed by atoms with E-state index in [4.69, 9.17) is 14.2 Å². The van der Waals surface area contributed by atoms with E-state index in [1.807, 2.05) is 31.2 Å². The maximum atomic E-state index is 12.4. The van der Waals surface area contributed by atoms with E-state index in [-0.39, 0.29) is 17.3 Å². The number of hydrogen-bond donors (Lipinski definition) is 0. The highest BCUT2D eigenvalue weighted by Gasteiger charge is 2.26. The van der Waals surface area contributed by atoms with Crippen LogP contribution in [0.15, 0.2) is 71.4 Å². The molecule has 0 saturated carbocycles. The summed E-state index contributed by atoms with van der Waals surface area (Å²) in [5, 5.41) is 11.2. The highest BCUT2D eigenvalue weighted by Crippen LogP contribution is 2.31. The normalized spacial score (nSPS) is 14.0. The van der Waals surface area contributed by atoms with E-state index in [2.05, 4.69) is 27.6 Å². The highest BCUT2D eigenvalue weighted by atomic mass is 127. The number of carbonyl (C=O) groups excluding carboxylic acids is 1. The third-order valence-electron chi connectivity index (χ3n) is 5.19. The Morgan fingerprint density at radius 2 is 1.89 bits per heavy atom. The minimum atomic E-state index is -0.639. The summed E-state index contributed by atoms with van der Waals surface area (Å²) in [4.78, 5) is 27.4. The molecule has 0 fully saturated rings. The van der Waals surface area contributed by atoms with E-state index in [0.717, 1.165) is 9.13 Å². The minimum absolute atomic E-state index is 0.0202. The first-order valence-electron chi connectivity index (χ1n) is 10.8. The molecule has 0 saturated heterocycles. The molecule has 0 amide bonds. The fourth-order valence-corrected chi connectivity index (χ4v) is 3.95. The van der Waals surface area contributed by atoms with Crippen molar-refractivity contribution in [3.8, 4) is 11.5 Å². The fourth-order valence-electron chi connectivity index (χ4n) is 3.40. The minimum Gasteiger partial charge on any atom is -0.490 e. The zero-order chi connectivity index (χ0) is 24.9. The Morgan fingerprint density at radius 1 is 1.09 bits per heavy atom. The first kappa shape index (κ1) is 24.4. The van der Waals surface area contributed by atoms with Gasteiger partial charge in [0.05, 0.1) is 11.5 Å². The summed E-state index contributed by atoms with van der Waals surface area (Å²) in [5.41, 5.74) is 2.61. The molecular formula is C26H21IN2O6. The molecule has 0 N–H and O–H groups in total.